The summed E-state index contributed by atoms with van der Waals surface area (Å²) in [5, 5.41) is 3.61. The van der Waals surface area contributed by atoms with E-state index in [9.17, 15) is 17.6 Å². The summed E-state index contributed by atoms with van der Waals surface area (Å²) < 4.78 is 42.3. The molecular formula is C19H22FN3O4S. The van der Waals surface area contributed by atoms with Gasteiger partial charge in [0.25, 0.3) is 5.91 Å². The van der Waals surface area contributed by atoms with E-state index in [-0.39, 0.29) is 17.3 Å². The first kappa shape index (κ1) is 21.5. The van der Waals surface area contributed by atoms with Crippen LogP contribution in [0.2, 0.25) is 0 Å². The van der Waals surface area contributed by atoms with Crippen molar-refractivity contribution in [2.45, 2.75) is 32.5 Å². The van der Waals surface area contributed by atoms with Crippen molar-refractivity contribution in [2.75, 3.05) is 6.26 Å². The highest BCUT2D eigenvalue weighted by Gasteiger charge is 2.26. The van der Waals surface area contributed by atoms with Crippen molar-refractivity contribution in [2.24, 2.45) is 0 Å². The fourth-order valence-corrected chi connectivity index (χ4v) is 2.60. The van der Waals surface area contributed by atoms with E-state index in [1.165, 1.54) is 26.1 Å². The number of nitrogens with zero attached hydrogens (tertiary/aromatic N) is 2. The number of nitrogens with one attached hydrogen (secondary N) is 1. The SMILES string of the molecule is CC(C=CS(C)(=O)=O)NC(=O)c1cnc(C(C)(C)F)nc1Oc1ccccc1. The van der Waals surface area contributed by atoms with Gasteiger partial charge in [-0.25, -0.2) is 17.8 Å². The molecule has 9 heteroatoms. The van der Waals surface area contributed by atoms with E-state index in [0.717, 1.165) is 11.7 Å². The number of ether oxygens (including phenoxy) is 1. The number of hydrogen-bond acceptors (Lipinski definition) is 6. The molecule has 7 nitrogen and oxygen atoms in total. The molecule has 0 saturated heterocycles. The van der Waals surface area contributed by atoms with Gasteiger partial charge < -0.3 is 10.1 Å². The number of carbonyl (C=O) groups is 1. The van der Waals surface area contributed by atoms with Crippen LogP contribution in [0.25, 0.3) is 0 Å². The van der Waals surface area contributed by atoms with Crippen LogP contribution in [0.15, 0.2) is 48.0 Å². The molecule has 1 N–H and O–H groups in total. The van der Waals surface area contributed by atoms with Crippen LogP contribution in [0.3, 0.4) is 0 Å². The van der Waals surface area contributed by atoms with Gasteiger partial charge in [-0.1, -0.05) is 24.3 Å². The van der Waals surface area contributed by atoms with Crippen LogP contribution < -0.4 is 10.1 Å². The minimum absolute atomic E-state index is 0.00328. The van der Waals surface area contributed by atoms with Gasteiger partial charge in [-0.2, -0.15) is 4.98 Å². The highest BCUT2D eigenvalue weighted by atomic mass is 32.2. The highest BCUT2D eigenvalue weighted by Crippen LogP contribution is 2.27. The molecule has 2 aromatic rings. The van der Waals surface area contributed by atoms with Gasteiger partial charge in [0.15, 0.2) is 21.3 Å². The van der Waals surface area contributed by atoms with Crippen molar-refractivity contribution < 1.29 is 22.3 Å². The quantitative estimate of drug-likeness (QED) is 0.757. The molecule has 2 rings (SSSR count). The maximum absolute atomic E-state index is 14.2. The molecule has 1 atom stereocenters. The molecule has 1 amide bonds. The lowest BCUT2D eigenvalue weighted by Gasteiger charge is -2.16. The Kier molecular flexibility index (Phi) is 6.50. The normalized spacial score (nSPS) is 13.3. The molecule has 0 aliphatic heterocycles. The van der Waals surface area contributed by atoms with Gasteiger partial charge in [0.1, 0.15) is 11.3 Å². The largest absolute Gasteiger partial charge is 0.438 e. The minimum atomic E-state index is -3.31. The average Bonchev–Trinajstić information content (AvgIpc) is 2.59. The first-order valence-corrected chi connectivity index (χ1v) is 10.4. The molecule has 150 valence electrons. The van der Waals surface area contributed by atoms with E-state index in [1.54, 1.807) is 37.3 Å². The van der Waals surface area contributed by atoms with Crippen LogP contribution in [-0.2, 0) is 15.5 Å². The zero-order valence-corrected chi connectivity index (χ0v) is 16.8. The summed E-state index contributed by atoms with van der Waals surface area (Å²) in [5.41, 5.74) is -1.83. The van der Waals surface area contributed by atoms with Gasteiger partial charge >= 0.3 is 0 Å². The van der Waals surface area contributed by atoms with Crippen molar-refractivity contribution in [3.8, 4) is 11.6 Å². The summed E-state index contributed by atoms with van der Waals surface area (Å²) in [4.78, 5) is 20.6. The fourth-order valence-electron chi connectivity index (χ4n) is 2.08. The molecule has 0 bridgehead atoms. The molecule has 0 aliphatic rings. The summed E-state index contributed by atoms with van der Waals surface area (Å²) in [7, 11) is -3.31. The standard InChI is InChI=1S/C19H22FN3O4S/c1-13(10-11-28(4,25)26)22-16(24)15-12-21-18(19(2,3)20)23-17(15)27-14-8-6-5-7-9-14/h5-13H,1-4H3,(H,22,24). The topological polar surface area (TPSA) is 98.2 Å². The van der Waals surface area contributed by atoms with Crippen LogP contribution in [0.4, 0.5) is 4.39 Å². The number of para-hydroxylation sites is 1. The fraction of sp³-hybridized carbons (Fsp3) is 0.316. The predicted octanol–water partition coefficient (Wildman–Crippen LogP) is 3.15. The Morgan fingerprint density at radius 2 is 1.93 bits per heavy atom. The molecule has 0 spiro atoms. The monoisotopic (exact) mass is 407 g/mol. The van der Waals surface area contributed by atoms with Crippen LogP contribution >= 0.6 is 0 Å². The molecule has 0 saturated carbocycles. The van der Waals surface area contributed by atoms with Crippen LogP contribution in [0.5, 0.6) is 11.6 Å². The van der Waals surface area contributed by atoms with E-state index in [4.69, 9.17) is 4.74 Å². The summed E-state index contributed by atoms with van der Waals surface area (Å²) >= 11 is 0. The molecule has 1 aromatic carbocycles. The maximum Gasteiger partial charge on any atom is 0.258 e. The summed E-state index contributed by atoms with van der Waals surface area (Å²) in [6, 6.07) is 8.04. The molecular weight excluding hydrogens is 385 g/mol. The summed E-state index contributed by atoms with van der Waals surface area (Å²) in [6.45, 7) is 4.20. The molecule has 1 aromatic heterocycles. The predicted molar refractivity (Wildman–Crippen MR) is 104 cm³/mol. The number of hydrogen-bond donors (Lipinski definition) is 1. The van der Waals surface area contributed by atoms with Crippen molar-refractivity contribution >= 4 is 15.7 Å². The smallest absolute Gasteiger partial charge is 0.258 e. The van der Waals surface area contributed by atoms with Gasteiger partial charge in [0.05, 0.1) is 0 Å². The van der Waals surface area contributed by atoms with E-state index in [0.29, 0.717) is 5.75 Å². The Morgan fingerprint density at radius 3 is 2.50 bits per heavy atom. The number of alkyl halides is 1. The van der Waals surface area contributed by atoms with Crippen molar-refractivity contribution in [3.05, 3.63) is 59.4 Å². The van der Waals surface area contributed by atoms with Crippen molar-refractivity contribution in [1.29, 1.82) is 0 Å². The zero-order chi connectivity index (χ0) is 20.9. The van der Waals surface area contributed by atoms with Crippen molar-refractivity contribution in [1.82, 2.24) is 15.3 Å². The van der Waals surface area contributed by atoms with Crippen molar-refractivity contribution in [3.63, 3.8) is 0 Å². The number of benzene rings is 1. The van der Waals surface area contributed by atoms with Crippen LogP contribution in [-0.4, -0.2) is 36.6 Å². The molecule has 1 heterocycles. The Hall–Kier alpha value is -2.81. The molecule has 0 aliphatic carbocycles. The third-order valence-electron chi connectivity index (χ3n) is 3.46. The Balaban J connectivity index is 2.33. The van der Waals surface area contributed by atoms with E-state index in [2.05, 4.69) is 15.3 Å². The Labute approximate surface area is 163 Å². The lowest BCUT2D eigenvalue weighted by Crippen LogP contribution is -2.32. The average molecular weight is 407 g/mol. The number of halogens is 1. The zero-order valence-electron chi connectivity index (χ0n) is 16.0. The summed E-state index contributed by atoms with van der Waals surface area (Å²) in [5.74, 6) is -0.388. The van der Waals surface area contributed by atoms with E-state index < -0.39 is 27.5 Å². The molecule has 0 radical (unpaired) electrons. The lowest BCUT2D eigenvalue weighted by atomic mass is 10.1. The Bertz CT molecular complexity index is 970. The highest BCUT2D eigenvalue weighted by molar-refractivity contribution is 7.93. The van der Waals surface area contributed by atoms with Gasteiger partial charge in [0, 0.05) is 23.9 Å². The Morgan fingerprint density at radius 1 is 1.29 bits per heavy atom. The second kappa shape index (κ2) is 8.47. The van der Waals surface area contributed by atoms with Gasteiger partial charge in [-0.3, -0.25) is 4.79 Å². The number of amides is 1. The second-order valence-electron chi connectivity index (χ2n) is 6.72. The number of sulfone groups is 1. The molecule has 0 fully saturated rings. The molecule has 1 unspecified atom stereocenters. The van der Waals surface area contributed by atoms with Gasteiger partial charge in [0.2, 0.25) is 5.88 Å². The lowest BCUT2D eigenvalue weighted by molar-refractivity contribution is 0.0942. The number of carbonyl (C=O) groups excluding carboxylic acids is 1. The first-order chi connectivity index (χ1) is 13.0. The molecule has 28 heavy (non-hydrogen) atoms. The second-order valence-corrected chi connectivity index (χ2v) is 8.65. The number of rotatable bonds is 7. The third-order valence-corrected chi connectivity index (χ3v) is 4.11. The van der Waals surface area contributed by atoms with Gasteiger partial charge in [-0.05, 0) is 32.9 Å². The third kappa shape index (κ3) is 6.41. The summed E-state index contributed by atoms with van der Waals surface area (Å²) in [6.07, 6.45) is 3.57. The first-order valence-electron chi connectivity index (χ1n) is 8.44. The maximum atomic E-state index is 14.2. The minimum Gasteiger partial charge on any atom is -0.438 e. The van der Waals surface area contributed by atoms with Crippen LogP contribution in [0.1, 0.15) is 37.0 Å². The number of aromatic nitrogens is 2. The van der Waals surface area contributed by atoms with E-state index >= 15 is 0 Å². The van der Waals surface area contributed by atoms with E-state index in [1.807, 2.05) is 0 Å². The van der Waals surface area contributed by atoms with Gasteiger partial charge in [-0.15, -0.1) is 0 Å². The van der Waals surface area contributed by atoms with Crippen LogP contribution in [0, 0.1) is 0 Å².